The molecule has 0 aromatic heterocycles. The van der Waals surface area contributed by atoms with Crippen molar-refractivity contribution in [3.05, 3.63) is 59.7 Å². The van der Waals surface area contributed by atoms with Crippen molar-refractivity contribution in [1.29, 1.82) is 0 Å². The molecule has 2 aromatic carbocycles. The highest BCUT2D eigenvalue weighted by Gasteiger charge is 2.29. The zero-order chi connectivity index (χ0) is 22.9. The second-order valence-electron chi connectivity index (χ2n) is 7.22. The van der Waals surface area contributed by atoms with Crippen LogP contribution >= 0.6 is 0 Å². The van der Waals surface area contributed by atoms with Gasteiger partial charge in [-0.15, -0.1) is 0 Å². The van der Waals surface area contributed by atoms with Crippen LogP contribution in [0.2, 0.25) is 0 Å². The highest BCUT2D eigenvalue weighted by Crippen LogP contribution is 2.44. The molecule has 9 heteroatoms. The summed E-state index contributed by atoms with van der Waals surface area (Å²) in [4.78, 5) is 35.1. The molecule has 3 rings (SSSR count). The normalized spacial score (nSPS) is 13.0. The monoisotopic (exact) mass is 442 g/mol. The molecule has 32 heavy (non-hydrogen) atoms. The predicted molar refractivity (Wildman–Crippen MR) is 115 cm³/mol. The Hall–Kier alpha value is -3.43. The Morgan fingerprint density at radius 2 is 1.66 bits per heavy atom. The second kappa shape index (κ2) is 11.3. The fourth-order valence-electron chi connectivity index (χ4n) is 3.66. The molecule has 0 saturated carbocycles. The molecule has 0 radical (unpaired) electrons. The van der Waals surface area contributed by atoms with E-state index in [0.717, 1.165) is 22.3 Å². The Balaban J connectivity index is 1.53. The van der Waals surface area contributed by atoms with Crippen LogP contribution in [0.25, 0.3) is 11.1 Å². The number of carbonyl (C=O) groups excluding carboxylic acids is 2. The molecule has 2 aromatic rings. The molecule has 0 saturated heterocycles. The van der Waals surface area contributed by atoms with Gasteiger partial charge in [0.25, 0.3) is 0 Å². The van der Waals surface area contributed by atoms with Gasteiger partial charge in [-0.3, -0.25) is 4.79 Å². The summed E-state index contributed by atoms with van der Waals surface area (Å²) >= 11 is 0. The molecule has 1 aliphatic rings. The average molecular weight is 442 g/mol. The lowest BCUT2D eigenvalue weighted by Gasteiger charge is -2.19. The van der Waals surface area contributed by atoms with Crippen molar-refractivity contribution in [3.8, 4) is 11.1 Å². The maximum atomic E-state index is 12.4. The van der Waals surface area contributed by atoms with E-state index < -0.39 is 30.6 Å². The van der Waals surface area contributed by atoms with Gasteiger partial charge >= 0.3 is 12.1 Å². The minimum Gasteiger partial charge on any atom is -0.480 e. The van der Waals surface area contributed by atoms with Crippen LogP contribution in [-0.4, -0.2) is 69.2 Å². The lowest BCUT2D eigenvalue weighted by Crippen LogP contribution is -2.50. The number of alkyl carbamates (subject to hydrolysis) is 1. The van der Waals surface area contributed by atoms with E-state index in [9.17, 15) is 14.4 Å². The number of carbonyl (C=O) groups is 3. The van der Waals surface area contributed by atoms with Gasteiger partial charge in [0.2, 0.25) is 5.91 Å². The van der Waals surface area contributed by atoms with E-state index in [0.29, 0.717) is 0 Å². The average Bonchev–Trinajstić information content (AvgIpc) is 3.10. The molecule has 0 fully saturated rings. The third-order valence-electron chi connectivity index (χ3n) is 5.06. The number of rotatable bonds is 11. The lowest BCUT2D eigenvalue weighted by atomic mass is 9.98. The summed E-state index contributed by atoms with van der Waals surface area (Å²) in [5.74, 6) is -1.67. The van der Waals surface area contributed by atoms with Crippen LogP contribution in [0.1, 0.15) is 17.0 Å². The van der Waals surface area contributed by atoms with Gasteiger partial charge in [-0.05, 0) is 22.3 Å². The van der Waals surface area contributed by atoms with Crippen molar-refractivity contribution in [2.45, 2.75) is 12.0 Å². The highest BCUT2D eigenvalue weighted by molar-refractivity contribution is 5.86. The van der Waals surface area contributed by atoms with E-state index in [2.05, 4.69) is 10.6 Å². The Morgan fingerprint density at radius 1 is 1.03 bits per heavy atom. The summed E-state index contributed by atoms with van der Waals surface area (Å²) in [6.45, 7) is -0.243. The third kappa shape index (κ3) is 5.83. The third-order valence-corrected chi connectivity index (χ3v) is 5.06. The number of hydrogen-bond acceptors (Lipinski definition) is 6. The van der Waals surface area contributed by atoms with Crippen molar-refractivity contribution in [2.75, 3.05) is 40.1 Å². The molecule has 0 heterocycles. The molecule has 1 aliphatic carbocycles. The van der Waals surface area contributed by atoms with Crippen molar-refractivity contribution in [3.63, 3.8) is 0 Å². The van der Waals surface area contributed by atoms with Crippen molar-refractivity contribution in [2.24, 2.45) is 0 Å². The van der Waals surface area contributed by atoms with Crippen LogP contribution in [0.3, 0.4) is 0 Å². The first kappa shape index (κ1) is 23.2. The van der Waals surface area contributed by atoms with Crippen LogP contribution in [0.15, 0.2) is 48.5 Å². The van der Waals surface area contributed by atoms with Gasteiger partial charge in [-0.25, -0.2) is 9.59 Å². The Morgan fingerprint density at radius 3 is 2.25 bits per heavy atom. The molecule has 0 aliphatic heterocycles. The van der Waals surface area contributed by atoms with Crippen LogP contribution in [0, 0.1) is 0 Å². The number of aliphatic carboxylic acids is 1. The van der Waals surface area contributed by atoms with Gasteiger partial charge in [0.15, 0.2) is 0 Å². The van der Waals surface area contributed by atoms with E-state index in [1.165, 1.54) is 7.11 Å². The van der Waals surface area contributed by atoms with Gasteiger partial charge in [0.1, 0.15) is 19.3 Å². The molecule has 1 atom stereocenters. The Labute approximate surface area is 185 Å². The standard InChI is InChI=1S/C23H26N2O7/c1-30-13-20(22(28)24-10-11-31-14-21(26)27)25-23(29)32-12-19-17-8-4-2-6-15(17)16-7-3-5-9-18(16)19/h2-9,19-20H,10-14H2,1H3,(H,24,28)(H,25,29)(H,26,27)/t20-/m0/s1. The summed E-state index contributed by atoms with van der Waals surface area (Å²) in [6.07, 6.45) is -0.730. The fraction of sp³-hybridized carbons (Fsp3) is 0.348. The second-order valence-corrected chi connectivity index (χ2v) is 7.22. The maximum Gasteiger partial charge on any atom is 0.407 e. The zero-order valence-electron chi connectivity index (χ0n) is 17.7. The summed E-state index contributed by atoms with van der Waals surface area (Å²) in [7, 11) is 1.41. The number of carboxylic acid groups (broad SMARTS) is 1. The molecular weight excluding hydrogens is 416 g/mol. The van der Waals surface area contributed by atoms with Crippen molar-refractivity contribution < 1.29 is 33.7 Å². The van der Waals surface area contributed by atoms with Crippen LogP contribution in [-0.2, 0) is 23.8 Å². The largest absolute Gasteiger partial charge is 0.480 e. The van der Waals surface area contributed by atoms with Crippen molar-refractivity contribution >= 4 is 18.0 Å². The number of nitrogens with one attached hydrogen (secondary N) is 2. The minimum atomic E-state index is -1.09. The number of amides is 2. The van der Waals surface area contributed by atoms with Crippen LogP contribution < -0.4 is 10.6 Å². The first-order chi connectivity index (χ1) is 15.5. The topological polar surface area (TPSA) is 123 Å². The van der Waals surface area contributed by atoms with E-state index in [4.69, 9.17) is 19.3 Å². The van der Waals surface area contributed by atoms with Gasteiger partial charge in [0.05, 0.1) is 13.2 Å². The number of carboxylic acids is 1. The van der Waals surface area contributed by atoms with Gasteiger partial charge in [-0.1, -0.05) is 48.5 Å². The molecule has 3 N–H and O–H groups in total. The number of methoxy groups -OCH3 is 1. The van der Waals surface area contributed by atoms with Crippen LogP contribution in [0.4, 0.5) is 4.79 Å². The zero-order valence-corrected chi connectivity index (χ0v) is 17.7. The SMILES string of the molecule is COC[C@H](NC(=O)OCC1c2ccccc2-c2ccccc21)C(=O)NCCOCC(=O)O. The minimum absolute atomic E-state index is 0.0304. The molecule has 9 nitrogen and oxygen atoms in total. The fourth-order valence-corrected chi connectivity index (χ4v) is 3.66. The number of ether oxygens (including phenoxy) is 3. The molecule has 0 unspecified atom stereocenters. The summed E-state index contributed by atoms with van der Waals surface area (Å²) in [5.41, 5.74) is 4.43. The van der Waals surface area contributed by atoms with Crippen molar-refractivity contribution in [1.82, 2.24) is 10.6 Å². The summed E-state index contributed by atoms with van der Waals surface area (Å²) in [6, 6.07) is 15.0. The van der Waals surface area contributed by atoms with Gasteiger partial charge in [-0.2, -0.15) is 0 Å². The molecular formula is C23H26N2O7. The number of hydrogen-bond donors (Lipinski definition) is 3. The predicted octanol–water partition coefficient (Wildman–Crippen LogP) is 1.76. The Kier molecular flexibility index (Phi) is 8.18. The van der Waals surface area contributed by atoms with E-state index in [1.54, 1.807) is 0 Å². The van der Waals surface area contributed by atoms with Gasteiger partial charge < -0.3 is 30.0 Å². The maximum absolute atomic E-state index is 12.4. The quantitative estimate of drug-likeness (QED) is 0.453. The number of fused-ring (bicyclic) bond motifs is 3. The molecule has 170 valence electrons. The molecule has 0 spiro atoms. The highest BCUT2D eigenvalue weighted by atomic mass is 16.5. The first-order valence-corrected chi connectivity index (χ1v) is 10.2. The van der Waals surface area contributed by atoms with Crippen LogP contribution in [0.5, 0.6) is 0 Å². The Bertz CT molecular complexity index is 917. The van der Waals surface area contributed by atoms with Gasteiger partial charge in [0, 0.05) is 19.6 Å². The molecule has 0 bridgehead atoms. The molecule has 2 amide bonds. The number of benzene rings is 2. The van der Waals surface area contributed by atoms with E-state index in [1.807, 2.05) is 48.5 Å². The first-order valence-electron chi connectivity index (χ1n) is 10.2. The van der Waals surface area contributed by atoms with E-state index >= 15 is 0 Å². The smallest absolute Gasteiger partial charge is 0.407 e. The summed E-state index contributed by atoms with van der Waals surface area (Å²) < 4.78 is 15.3. The summed E-state index contributed by atoms with van der Waals surface area (Å²) in [5, 5.41) is 13.6. The van der Waals surface area contributed by atoms with E-state index in [-0.39, 0.29) is 32.3 Å². The lowest BCUT2D eigenvalue weighted by molar-refractivity contribution is -0.142.